The van der Waals surface area contributed by atoms with Crippen molar-refractivity contribution in [2.75, 3.05) is 5.32 Å². The summed E-state index contributed by atoms with van der Waals surface area (Å²) < 4.78 is 24.1. The van der Waals surface area contributed by atoms with Gasteiger partial charge in [-0.05, 0) is 12.1 Å². The first-order valence-electron chi connectivity index (χ1n) is 6.29. The summed E-state index contributed by atoms with van der Waals surface area (Å²) in [6.45, 7) is 1.27. The number of nitrogens with zero attached hydrogens (tertiary/aromatic N) is 1. The normalized spacial score (nSPS) is 12.3. The van der Waals surface area contributed by atoms with Gasteiger partial charge < -0.3 is 0 Å². The van der Waals surface area contributed by atoms with Gasteiger partial charge in [0.2, 0.25) is 0 Å². The molecule has 1 aromatic heterocycles. The van der Waals surface area contributed by atoms with Crippen molar-refractivity contribution < 1.29 is 26.6 Å². The summed E-state index contributed by atoms with van der Waals surface area (Å²) >= 11 is -4.92. The van der Waals surface area contributed by atoms with Gasteiger partial charge in [-0.25, -0.2) is 0 Å². The molecule has 1 amide bonds. The zero-order valence-corrected chi connectivity index (χ0v) is 14.0. The van der Waals surface area contributed by atoms with Crippen LogP contribution in [0.3, 0.4) is 0 Å². The molecule has 2 rings (SSSR count). The molecule has 1 unspecified atom stereocenters. The van der Waals surface area contributed by atoms with E-state index in [0.29, 0.717) is 5.56 Å². The summed E-state index contributed by atoms with van der Waals surface area (Å²) in [5.74, 6) is -0.379. The van der Waals surface area contributed by atoms with Gasteiger partial charge in [-0.3, -0.25) is 9.78 Å². The number of benzene rings is 1. The number of hydrogen-bond donors (Lipinski definition) is 3. The zero-order valence-electron chi connectivity index (χ0n) is 12.1. The monoisotopic (exact) mass is 382 g/mol. The molecule has 122 valence electrons. The Morgan fingerprint density at radius 3 is 2.48 bits per heavy atom. The van der Waals surface area contributed by atoms with Crippen LogP contribution in [0.15, 0.2) is 48.8 Å². The predicted molar refractivity (Wildman–Crippen MR) is 82.4 cm³/mol. The van der Waals surface area contributed by atoms with E-state index in [1.54, 1.807) is 24.4 Å². The molecule has 1 atom stereocenters. The summed E-state index contributed by atoms with van der Waals surface area (Å²) in [4.78, 5) is 24.5. The SMILES string of the molecule is CC(=O)Nc1ccccc1[As](=O)(O)OO.O=Cc1cccnc1. The van der Waals surface area contributed by atoms with E-state index in [9.17, 15) is 17.4 Å². The van der Waals surface area contributed by atoms with Crippen LogP contribution in [-0.2, 0) is 12.4 Å². The number of hydrogen-bond acceptors (Lipinski definition) is 6. The number of nitrogens with one attached hydrogen (secondary N) is 1. The first-order valence-corrected chi connectivity index (χ1v) is 9.60. The van der Waals surface area contributed by atoms with Crippen molar-refractivity contribution in [2.45, 2.75) is 6.92 Å². The Balaban J connectivity index is 0.000000277. The van der Waals surface area contributed by atoms with E-state index in [0.717, 1.165) is 6.29 Å². The second-order valence-corrected chi connectivity index (χ2v) is 7.74. The van der Waals surface area contributed by atoms with Gasteiger partial charge in [0.05, 0.1) is 0 Å². The molecule has 0 aliphatic heterocycles. The van der Waals surface area contributed by atoms with Gasteiger partial charge in [0.25, 0.3) is 0 Å². The minimum Gasteiger partial charge on any atom is -0.298 e. The average molecular weight is 382 g/mol. The minimum atomic E-state index is -4.92. The van der Waals surface area contributed by atoms with Crippen LogP contribution in [0.4, 0.5) is 5.69 Å². The average Bonchev–Trinajstić information content (AvgIpc) is 2.56. The first kappa shape index (κ1) is 18.8. The van der Waals surface area contributed by atoms with Gasteiger partial charge >= 0.3 is 88.4 Å². The molecule has 0 spiro atoms. The van der Waals surface area contributed by atoms with E-state index in [4.69, 9.17) is 5.26 Å². The maximum atomic E-state index is 11.4. The summed E-state index contributed by atoms with van der Waals surface area (Å²) in [7, 11) is 0. The third-order valence-corrected chi connectivity index (χ3v) is 5.01. The largest absolute Gasteiger partial charge is 0.298 e. The van der Waals surface area contributed by atoms with E-state index in [2.05, 4.69) is 14.2 Å². The number of carbonyl (C=O) groups excluding carboxylic acids is 2. The summed E-state index contributed by atoms with van der Waals surface area (Å²) in [6, 6.07) is 9.27. The molecular weight excluding hydrogens is 367 g/mol. The minimum absolute atomic E-state index is 0.103. The summed E-state index contributed by atoms with van der Waals surface area (Å²) in [6.07, 6.45) is 3.92. The zero-order chi connectivity index (χ0) is 17.3. The molecule has 0 saturated carbocycles. The Morgan fingerprint density at radius 1 is 1.30 bits per heavy atom. The molecule has 1 heterocycles. The van der Waals surface area contributed by atoms with Gasteiger partial charge in [-0.2, -0.15) is 0 Å². The molecule has 0 saturated heterocycles. The number of para-hydroxylation sites is 1. The number of amides is 1. The van der Waals surface area contributed by atoms with Gasteiger partial charge in [0.1, 0.15) is 0 Å². The molecule has 1 aromatic carbocycles. The Bertz CT molecular complexity index is 707. The van der Waals surface area contributed by atoms with Gasteiger partial charge in [-0.1, -0.05) is 0 Å². The fourth-order valence-electron chi connectivity index (χ4n) is 1.51. The Hall–Kier alpha value is -2.25. The Labute approximate surface area is 135 Å². The molecule has 0 bridgehead atoms. The van der Waals surface area contributed by atoms with Crippen LogP contribution in [0, 0.1) is 0 Å². The summed E-state index contributed by atoms with van der Waals surface area (Å²) in [5, 5.41) is 10.7. The smallest absolute Gasteiger partial charge is 0.151 e. The van der Waals surface area contributed by atoms with Crippen LogP contribution in [0.1, 0.15) is 17.3 Å². The third kappa shape index (κ3) is 6.17. The fraction of sp³-hybridized carbons (Fsp3) is 0.0714. The molecule has 8 nitrogen and oxygen atoms in total. The Morgan fingerprint density at radius 2 is 2.00 bits per heavy atom. The number of carbonyl (C=O) groups is 2. The summed E-state index contributed by atoms with van der Waals surface area (Å²) in [5.41, 5.74) is 0.775. The molecule has 0 radical (unpaired) electrons. The van der Waals surface area contributed by atoms with Crippen LogP contribution in [0.5, 0.6) is 0 Å². The van der Waals surface area contributed by atoms with Gasteiger partial charge in [-0.15, -0.1) is 0 Å². The molecule has 3 N–H and O–H groups in total. The van der Waals surface area contributed by atoms with Crippen molar-refractivity contribution >= 4 is 36.4 Å². The van der Waals surface area contributed by atoms with Crippen molar-refractivity contribution in [3.63, 3.8) is 0 Å². The fourth-order valence-corrected chi connectivity index (χ4v) is 3.18. The second kappa shape index (κ2) is 9.02. The van der Waals surface area contributed by atoms with Gasteiger partial charge in [0.15, 0.2) is 6.29 Å². The Kier molecular flexibility index (Phi) is 7.37. The van der Waals surface area contributed by atoms with Crippen LogP contribution >= 0.6 is 0 Å². The number of pyridine rings is 1. The maximum Gasteiger partial charge on any atom is 0.151 e. The van der Waals surface area contributed by atoms with Crippen LogP contribution in [0.2, 0.25) is 0 Å². The standard InChI is InChI=1S/C8H10AsNO5.C6H5NO/c1-6(11)10-8-5-3-2-4-7(8)9(12,13)15-14;8-5-6-2-1-3-7-4-6/h2-5,14H,1H3,(H,10,11)(H,12,13);1-5H. The van der Waals surface area contributed by atoms with Crippen molar-refractivity contribution in [2.24, 2.45) is 0 Å². The van der Waals surface area contributed by atoms with Crippen LogP contribution < -0.4 is 9.67 Å². The van der Waals surface area contributed by atoms with E-state index in [1.807, 2.05) is 0 Å². The quantitative estimate of drug-likeness (QED) is 0.306. The third-order valence-electron chi connectivity index (χ3n) is 2.45. The number of aldehydes is 1. The molecule has 23 heavy (non-hydrogen) atoms. The molecule has 0 aliphatic rings. The van der Waals surface area contributed by atoms with Crippen LogP contribution in [-0.4, -0.2) is 40.7 Å². The second-order valence-electron chi connectivity index (χ2n) is 4.20. The topological polar surface area (TPSA) is 126 Å². The van der Waals surface area contributed by atoms with E-state index < -0.39 is 14.2 Å². The molecule has 0 fully saturated rings. The maximum absolute atomic E-state index is 11.4. The molecule has 9 heteroatoms. The number of aromatic nitrogens is 1. The first-order chi connectivity index (χ1) is 10.9. The van der Waals surface area contributed by atoms with Crippen molar-refractivity contribution in [1.82, 2.24) is 4.98 Å². The predicted octanol–water partition coefficient (Wildman–Crippen LogP) is 0.597. The van der Waals surface area contributed by atoms with E-state index in [-0.39, 0.29) is 15.9 Å². The van der Waals surface area contributed by atoms with Crippen molar-refractivity contribution in [3.8, 4) is 0 Å². The van der Waals surface area contributed by atoms with Crippen molar-refractivity contribution in [3.05, 3.63) is 54.4 Å². The number of anilines is 1. The number of rotatable bonds is 4. The van der Waals surface area contributed by atoms with Gasteiger partial charge in [0, 0.05) is 18.0 Å². The van der Waals surface area contributed by atoms with Crippen LogP contribution in [0.25, 0.3) is 0 Å². The molecule has 0 aliphatic carbocycles. The molecular formula is C14H15AsN2O6. The van der Waals surface area contributed by atoms with Crippen molar-refractivity contribution in [1.29, 1.82) is 0 Å². The van der Waals surface area contributed by atoms with E-state index in [1.165, 1.54) is 31.3 Å². The molecule has 2 aromatic rings. The van der Waals surface area contributed by atoms with E-state index >= 15 is 0 Å².